The molecule has 6 heteroatoms. The van der Waals surface area contributed by atoms with E-state index >= 15 is 0 Å². The highest BCUT2D eigenvalue weighted by molar-refractivity contribution is 5.71. The van der Waals surface area contributed by atoms with E-state index in [9.17, 15) is 14.4 Å². The van der Waals surface area contributed by atoms with Gasteiger partial charge in [-0.3, -0.25) is 14.4 Å². The maximum atomic E-state index is 12.8. The van der Waals surface area contributed by atoms with Gasteiger partial charge in [-0.1, -0.05) is 206 Å². The van der Waals surface area contributed by atoms with Gasteiger partial charge in [-0.05, 0) is 128 Å². The van der Waals surface area contributed by atoms with Crippen molar-refractivity contribution in [3.63, 3.8) is 0 Å². The van der Waals surface area contributed by atoms with Crippen LogP contribution in [0, 0.1) is 0 Å². The molecular formula is C62H100O6. The Hall–Kier alpha value is -4.19. The lowest BCUT2D eigenvalue weighted by Gasteiger charge is -2.18. The molecule has 0 fully saturated rings. The van der Waals surface area contributed by atoms with Gasteiger partial charge in [0, 0.05) is 19.3 Å². The van der Waals surface area contributed by atoms with Crippen molar-refractivity contribution in [1.82, 2.24) is 0 Å². The largest absolute Gasteiger partial charge is 0.462 e. The fourth-order valence-corrected chi connectivity index (χ4v) is 7.10. The van der Waals surface area contributed by atoms with E-state index in [1.54, 1.807) is 0 Å². The molecule has 1 unspecified atom stereocenters. The number of allylic oxidation sites excluding steroid dienone is 20. The normalized spacial score (nSPS) is 13.0. The van der Waals surface area contributed by atoms with Gasteiger partial charge in [0.05, 0.1) is 0 Å². The van der Waals surface area contributed by atoms with Crippen molar-refractivity contribution >= 4 is 17.9 Å². The molecule has 0 aromatic carbocycles. The van der Waals surface area contributed by atoms with Gasteiger partial charge in [-0.2, -0.15) is 0 Å². The maximum Gasteiger partial charge on any atom is 0.306 e. The van der Waals surface area contributed by atoms with E-state index in [0.717, 1.165) is 128 Å². The predicted molar refractivity (Wildman–Crippen MR) is 293 cm³/mol. The number of ether oxygens (including phenoxy) is 3. The number of carbonyl (C=O) groups is 3. The fourth-order valence-electron chi connectivity index (χ4n) is 7.10. The second-order valence-corrected chi connectivity index (χ2v) is 17.7. The summed E-state index contributed by atoms with van der Waals surface area (Å²) in [5.41, 5.74) is 0. The molecule has 0 aliphatic carbocycles. The first-order valence-corrected chi connectivity index (χ1v) is 27.5. The predicted octanol–water partition coefficient (Wildman–Crippen LogP) is 18.5. The van der Waals surface area contributed by atoms with E-state index in [-0.39, 0.29) is 31.1 Å². The van der Waals surface area contributed by atoms with Crippen LogP contribution in [0.25, 0.3) is 0 Å². The summed E-state index contributed by atoms with van der Waals surface area (Å²) in [6.07, 6.45) is 76.2. The maximum absolute atomic E-state index is 12.8. The van der Waals surface area contributed by atoms with Gasteiger partial charge in [-0.25, -0.2) is 0 Å². The van der Waals surface area contributed by atoms with Gasteiger partial charge in [-0.15, -0.1) is 0 Å². The molecule has 0 N–H and O–H groups in total. The molecule has 0 saturated heterocycles. The summed E-state index contributed by atoms with van der Waals surface area (Å²) in [6.45, 7) is 6.33. The molecular weight excluding hydrogens is 841 g/mol. The second-order valence-electron chi connectivity index (χ2n) is 17.7. The lowest BCUT2D eigenvalue weighted by Crippen LogP contribution is -2.30. The summed E-state index contributed by atoms with van der Waals surface area (Å²) >= 11 is 0. The Balaban J connectivity index is 4.51. The van der Waals surface area contributed by atoms with E-state index in [4.69, 9.17) is 14.2 Å². The standard InChI is InChI=1S/C62H100O6/c1-4-7-10-13-16-19-22-25-27-29-30-31-32-33-35-37-40-43-46-49-52-55-61(64)67-58-59(57-66-60(63)54-51-48-45-42-39-36-24-21-18-15-12-9-6-3)68-62(65)56-53-50-47-44-41-38-34-28-26-23-20-17-14-11-8-5-2/h7,9-10,12,16,18-19,21,25,27-28,30-31,33-36,39-40,43,59H,4-6,8,11,13-15,17,20,22-24,26,29,32,37-38,41-42,44-58H2,1-3H3/b10-7-,12-9-,19-16-,21-18-,27-25-,31-30-,34-28-,35-33-,39-36-,43-40-. The van der Waals surface area contributed by atoms with E-state index in [2.05, 4.69) is 142 Å². The SMILES string of the molecule is CC/C=C\C/C=C\C/C=C\C/C=C\C/C=C\C/C=C\CCCCC(=O)OCC(COC(=O)CCCCC/C=C\C/C=C\C/C=C\CC)OC(=O)CCCCCCC/C=C\CCCCCCCCC. The zero-order chi connectivity index (χ0) is 49.3. The minimum atomic E-state index is -0.816. The Morgan fingerprint density at radius 3 is 0.956 bits per heavy atom. The van der Waals surface area contributed by atoms with E-state index in [1.807, 2.05) is 0 Å². The van der Waals surface area contributed by atoms with Crippen LogP contribution < -0.4 is 0 Å². The van der Waals surface area contributed by atoms with Crippen LogP contribution in [0.4, 0.5) is 0 Å². The Labute approximate surface area is 418 Å². The number of rotatable bonds is 48. The molecule has 0 saturated carbocycles. The molecule has 0 spiro atoms. The summed E-state index contributed by atoms with van der Waals surface area (Å²) in [6, 6.07) is 0. The number of unbranched alkanes of at least 4 members (excludes halogenated alkanes) is 17. The van der Waals surface area contributed by atoms with Crippen LogP contribution in [0.15, 0.2) is 122 Å². The summed E-state index contributed by atoms with van der Waals surface area (Å²) in [5, 5.41) is 0. The molecule has 1 atom stereocenters. The molecule has 0 rings (SSSR count). The van der Waals surface area contributed by atoms with Crippen molar-refractivity contribution in [3.05, 3.63) is 122 Å². The summed E-state index contributed by atoms with van der Waals surface area (Å²) in [4.78, 5) is 38.1. The first-order chi connectivity index (χ1) is 33.5. The van der Waals surface area contributed by atoms with Crippen molar-refractivity contribution in [2.24, 2.45) is 0 Å². The third-order valence-electron chi connectivity index (χ3n) is 11.2. The van der Waals surface area contributed by atoms with Crippen LogP contribution in [-0.2, 0) is 28.6 Å². The quantitative estimate of drug-likeness (QED) is 0.0262. The molecule has 0 aromatic rings. The first-order valence-electron chi connectivity index (χ1n) is 27.5. The van der Waals surface area contributed by atoms with Crippen molar-refractivity contribution in [3.8, 4) is 0 Å². The van der Waals surface area contributed by atoms with Gasteiger partial charge >= 0.3 is 17.9 Å². The van der Waals surface area contributed by atoms with E-state index in [0.29, 0.717) is 25.7 Å². The van der Waals surface area contributed by atoms with Crippen molar-refractivity contribution < 1.29 is 28.6 Å². The minimum absolute atomic E-state index is 0.114. The van der Waals surface area contributed by atoms with E-state index < -0.39 is 6.10 Å². The van der Waals surface area contributed by atoms with Gasteiger partial charge in [0.2, 0.25) is 0 Å². The smallest absolute Gasteiger partial charge is 0.306 e. The van der Waals surface area contributed by atoms with Gasteiger partial charge in [0.1, 0.15) is 13.2 Å². The summed E-state index contributed by atoms with van der Waals surface area (Å²) in [5.74, 6) is -0.997. The van der Waals surface area contributed by atoms with E-state index in [1.165, 1.54) is 57.8 Å². The van der Waals surface area contributed by atoms with Crippen LogP contribution >= 0.6 is 0 Å². The van der Waals surface area contributed by atoms with Crippen molar-refractivity contribution in [2.75, 3.05) is 13.2 Å². The average Bonchev–Trinajstić information content (AvgIpc) is 3.34. The summed E-state index contributed by atoms with van der Waals surface area (Å²) in [7, 11) is 0. The first kappa shape index (κ1) is 63.8. The molecule has 384 valence electrons. The van der Waals surface area contributed by atoms with Crippen LogP contribution in [0.5, 0.6) is 0 Å². The number of esters is 3. The molecule has 0 heterocycles. The van der Waals surface area contributed by atoms with Gasteiger partial charge in [0.25, 0.3) is 0 Å². The molecule has 0 bridgehead atoms. The lowest BCUT2D eigenvalue weighted by atomic mass is 10.1. The van der Waals surface area contributed by atoms with Crippen LogP contribution in [0.2, 0.25) is 0 Å². The van der Waals surface area contributed by atoms with Crippen molar-refractivity contribution in [1.29, 1.82) is 0 Å². The molecule has 0 aliphatic rings. The zero-order valence-electron chi connectivity index (χ0n) is 43.8. The second kappa shape index (κ2) is 55.4. The Morgan fingerprint density at radius 1 is 0.309 bits per heavy atom. The van der Waals surface area contributed by atoms with Crippen LogP contribution in [0.1, 0.15) is 233 Å². The highest BCUT2D eigenvalue weighted by atomic mass is 16.6. The Kier molecular flexibility index (Phi) is 52.0. The number of hydrogen-bond donors (Lipinski definition) is 0. The van der Waals surface area contributed by atoms with Gasteiger partial charge < -0.3 is 14.2 Å². The Morgan fingerprint density at radius 2 is 0.574 bits per heavy atom. The Bertz CT molecular complexity index is 1450. The fraction of sp³-hybridized carbons (Fsp3) is 0.629. The monoisotopic (exact) mass is 941 g/mol. The number of carbonyl (C=O) groups excluding carboxylic acids is 3. The minimum Gasteiger partial charge on any atom is -0.462 e. The van der Waals surface area contributed by atoms with Gasteiger partial charge in [0.15, 0.2) is 6.10 Å². The molecule has 68 heavy (non-hydrogen) atoms. The molecule has 6 nitrogen and oxygen atoms in total. The molecule has 0 aliphatic heterocycles. The molecule has 0 amide bonds. The third-order valence-corrected chi connectivity index (χ3v) is 11.2. The van der Waals surface area contributed by atoms with Crippen LogP contribution in [-0.4, -0.2) is 37.2 Å². The average molecular weight is 941 g/mol. The lowest BCUT2D eigenvalue weighted by molar-refractivity contribution is -0.167. The molecule has 0 radical (unpaired) electrons. The molecule has 0 aromatic heterocycles. The highest BCUT2D eigenvalue weighted by Gasteiger charge is 2.19. The van der Waals surface area contributed by atoms with Crippen LogP contribution in [0.3, 0.4) is 0 Å². The topological polar surface area (TPSA) is 78.9 Å². The highest BCUT2D eigenvalue weighted by Crippen LogP contribution is 2.13. The number of hydrogen-bond acceptors (Lipinski definition) is 6. The van der Waals surface area contributed by atoms with Crippen molar-refractivity contribution in [2.45, 2.75) is 239 Å². The summed E-state index contributed by atoms with van der Waals surface area (Å²) < 4.78 is 16.8. The third kappa shape index (κ3) is 52.8. The zero-order valence-corrected chi connectivity index (χ0v) is 43.8.